The Balaban J connectivity index is 2.03. The van der Waals surface area contributed by atoms with Crippen molar-refractivity contribution in [2.75, 3.05) is 6.54 Å². The number of aryl methyl sites for hydroxylation is 1. The third-order valence-electron chi connectivity index (χ3n) is 4.71. The van der Waals surface area contributed by atoms with E-state index in [0.717, 1.165) is 24.0 Å². The van der Waals surface area contributed by atoms with Crippen LogP contribution >= 0.6 is 0 Å². The molecule has 2 atom stereocenters. The molecule has 3 rings (SSSR count). The highest BCUT2D eigenvalue weighted by atomic mass is 32.2. The Labute approximate surface area is 115 Å². The van der Waals surface area contributed by atoms with Gasteiger partial charge < -0.3 is 0 Å². The standard InChI is InChI=1S/C15H19NO2S/c1-11-4-6-14(7-5-11)19(17,18)16-10-13-8-9-15(16,3)12(13)2/h4-7,13H,2,8-10H2,1,3H3/t13-,15-/m0/s1. The fraction of sp³-hybridized carbons (Fsp3) is 0.467. The topological polar surface area (TPSA) is 37.4 Å². The summed E-state index contributed by atoms with van der Waals surface area (Å²) in [5.74, 6) is 0.338. The van der Waals surface area contributed by atoms with Gasteiger partial charge in [-0.05, 0) is 44.7 Å². The summed E-state index contributed by atoms with van der Waals surface area (Å²) in [6.45, 7) is 8.67. The van der Waals surface area contributed by atoms with Gasteiger partial charge in [0.25, 0.3) is 0 Å². The molecular weight excluding hydrogens is 258 g/mol. The zero-order valence-electron chi connectivity index (χ0n) is 11.4. The van der Waals surface area contributed by atoms with E-state index in [1.54, 1.807) is 16.4 Å². The van der Waals surface area contributed by atoms with Crippen molar-refractivity contribution in [1.82, 2.24) is 4.31 Å². The van der Waals surface area contributed by atoms with Crippen LogP contribution in [0.25, 0.3) is 0 Å². The van der Waals surface area contributed by atoms with Crippen LogP contribution in [0.1, 0.15) is 25.3 Å². The number of nitrogens with zero attached hydrogens (tertiary/aromatic N) is 1. The largest absolute Gasteiger partial charge is 0.243 e. The lowest BCUT2D eigenvalue weighted by atomic mass is 9.98. The summed E-state index contributed by atoms with van der Waals surface area (Å²) < 4.78 is 27.2. The number of rotatable bonds is 2. The van der Waals surface area contributed by atoms with Crippen LogP contribution in [0.5, 0.6) is 0 Å². The first-order valence-corrected chi connectivity index (χ1v) is 8.08. The molecule has 0 amide bonds. The minimum absolute atomic E-state index is 0.338. The van der Waals surface area contributed by atoms with E-state index in [1.807, 2.05) is 26.0 Å². The van der Waals surface area contributed by atoms with E-state index in [2.05, 4.69) is 6.58 Å². The van der Waals surface area contributed by atoms with Gasteiger partial charge in [0.2, 0.25) is 10.0 Å². The van der Waals surface area contributed by atoms with Crippen molar-refractivity contribution in [1.29, 1.82) is 0 Å². The predicted molar refractivity (Wildman–Crippen MR) is 75.3 cm³/mol. The molecule has 0 aromatic heterocycles. The first-order chi connectivity index (χ1) is 8.85. The normalized spacial score (nSPS) is 31.1. The van der Waals surface area contributed by atoms with Crippen molar-refractivity contribution in [3.63, 3.8) is 0 Å². The SMILES string of the molecule is C=C1[C@H]2CC[C@]1(C)N(S(=O)(=O)c1ccc(C)cc1)C2. The van der Waals surface area contributed by atoms with Crippen LogP contribution in [0.3, 0.4) is 0 Å². The average Bonchev–Trinajstić information content (AvgIpc) is 2.79. The summed E-state index contributed by atoms with van der Waals surface area (Å²) in [6.07, 6.45) is 1.96. The molecule has 1 heterocycles. The highest BCUT2D eigenvalue weighted by Crippen LogP contribution is 2.51. The van der Waals surface area contributed by atoms with E-state index in [1.165, 1.54) is 0 Å². The van der Waals surface area contributed by atoms with Gasteiger partial charge in [-0.2, -0.15) is 4.31 Å². The van der Waals surface area contributed by atoms with Gasteiger partial charge in [0.15, 0.2) is 0 Å². The van der Waals surface area contributed by atoms with Crippen molar-refractivity contribution in [3.05, 3.63) is 42.0 Å². The quantitative estimate of drug-likeness (QED) is 0.779. The zero-order chi connectivity index (χ0) is 13.8. The molecule has 1 aromatic rings. The molecule has 2 fully saturated rings. The maximum Gasteiger partial charge on any atom is 0.243 e. The minimum Gasteiger partial charge on any atom is -0.207 e. The number of hydrogen-bond acceptors (Lipinski definition) is 2. The van der Waals surface area contributed by atoms with E-state index in [-0.39, 0.29) is 5.54 Å². The summed E-state index contributed by atoms with van der Waals surface area (Å²) in [5.41, 5.74) is 1.77. The van der Waals surface area contributed by atoms with Crippen molar-refractivity contribution in [3.8, 4) is 0 Å². The van der Waals surface area contributed by atoms with Gasteiger partial charge in [-0.3, -0.25) is 0 Å². The minimum atomic E-state index is -3.41. The molecule has 1 saturated carbocycles. The van der Waals surface area contributed by atoms with Crippen molar-refractivity contribution < 1.29 is 8.42 Å². The van der Waals surface area contributed by atoms with Crippen LogP contribution in [0.2, 0.25) is 0 Å². The Morgan fingerprint density at radius 2 is 1.95 bits per heavy atom. The maximum atomic E-state index is 12.8. The van der Waals surface area contributed by atoms with Gasteiger partial charge in [0.1, 0.15) is 0 Å². The maximum absolute atomic E-state index is 12.8. The monoisotopic (exact) mass is 277 g/mol. The van der Waals surface area contributed by atoms with Gasteiger partial charge in [0, 0.05) is 6.54 Å². The lowest BCUT2D eigenvalue weighted by molar-refractivity contribution is 0.249. The van der Waals surface area contributed by atoms with E-state index in [9.17, 15) is 8.42 Å². The third kappa shape index (κ3) is 1.70. The molecular formula is C15H19NO2S. The average molecular weight is 277 g/mol. The van der Waals surface area contributed by atoms with Crippen molar-refractivity contribution >= 4 is 10.0 Å². The molecule has 2 aliphatic rings. The second kappa shape index (κ2) is 3.93. The van der Waals surface area contributed by atoms with Crippen LogP contribution in [-0.4, -0.2) is 24.8 Å². The summed E-state index contributed by atoms with van der Waals surface area (Å²) >= 11 is 0. The summed E-state index contributed by atoms with van der Waals surface area (Å²) in [4.78, 5) is 0.389. The summed E-state index contributed by atoms with van der Waals surface area (Å²) in [6, 6.07) is 7.09. The van der Waals surface area contributed by atoms with Gasteiger partial charge in [-0.15, -0.1) is 0 Å². The van der Waals surface area contributed by atoms with E-state index < -0.39 is 10.0 Å². The first kappa shape index (κ1) is 12.9. The van der Waals surface area contributed by atoms with Crippen LogP contribution in [-0.2, 0) is 10.0 Å². The predicted octanol–water partition coefficient (Wildman–Crippen LogP) is 2.72. The molecule has 4 heteroatoms. The Morgan fingerprint density at radius 1 is 1.32 bits per heavy atom. The molecule has 1 aromatic carbocycles. The number of sulfonamides is 1. The lowest BCUT2D eigenvalue weighted by Crippen LogP contribution is -2.46. The van der Waals surface area contributed by atoms with E-state index in [4.69, 9.17) is 0 Å². The first-order valence-electron chi connectivity index (χ1n) is 6.64. The Bertz CT molecular complexity index is 633. The third-order valence-corrected chi connectivity index (χ3v) is 6.71. The van der Waals surface area contributed by atoms with Crippen LogP contribution in [0.4, 0.5) is 0 Å². The molecule has 2 bridgehead atoms. The van der Waals surface area contributed by atoms with Crippen LogP contribution in [0.15, 0.2) is 41.3 Å². The van der Waals surface area contributed by atoms with Gasteiger partial charge >= 0.3 is 0 Å². The smallest absolute Gasteiger partial charge is 0.207 e. The van der Waals surface area contributed by atoms with Gasteiger partial charge in [-0.25, -0.2) is 8.42 Å². The molecule has 19 heavy (non-hydrogen) atoms. The van der Waals surface area contributed by atoms with Crippen LogP contribution in [0, 0.1) is 12.8 Å². The zero-order valence-corrected chi connectivity index (χ0v) is 12.2. The lowest BCUT2D eigenvalue weighted by Gasteiger charge is -2.34. The highest BCUT2D eigenvalue weighted by molar-refractivity contribution is 7.89. The Morgan fingerprint density at radius 3 is 2.42 bits per heavy atom. The number of fused-ring (bicyclic) bond motifs is 2. The Kier molecular flexibility index (Phi) is 2.67. The van der Waals surface area contributed by atoms with Gasteiger partial charge in [0.05, 0.1) is 10.4 Å². The van der Waals surface area contributed by atoms with E-state index >= 15 is 0 Å². The van der Waals surface area contributed by atoms with Crippen molar-refractivity contribution in [2.24, 2.45) is 5.92 Å². The summed E-state index contributed by atoms with van der Waals surface area (Å²) in [5, 5.41) is 0. The second-order valence-electron chi connectivity index (χ2n) is 5.88. The second-order valence-corrected chi connectivity index (χ2v) is 7.75. The molecule has 0 unspecified atom stereocenters. The Hall–Kier alpha value is -1.13. The van der Waals surface area contributed by atoms with Gasteiger partial charge in [-0.1, -0.05) is 29.8 Å². The molecule has 102 valence electrons. The molecule has 1 aliphatic carbocycles. The number of hydrogen-bond donors (Lipinski definition) is 0. The molecule has 1 aliphatic heterocycles. The van der Waals surface area contributed by atoms with E-state index in [0.29, 0.717) is 17.4 Å². The highest BCUT2D eigenvalue weighted by Gasteiger charge is 2.55. The van der Waals surface area contributed by atoms with Crippen molar-refractivity contribution in [2.45, 2.75) is 37.1 Å². The molecule has 3 nitrogen and oxygen atoms in total. The summed E-state index contributed by atoms with van der Waals surface area (Å²) in [7, 11) is -3.41. The fourth-order valence-electron chi connectivity index (χ4n) is 3.32. The number of piperidine rings is 1. The molecule has 0 N–H and O–H groups in total. The molecule has 0 spiro atoms. The molecule has 1 saturated heterocycles. The van der Waals surface area contributed by atoms with Crippen LogP contribution < -0.4 is 0 Å². The number of benzene rings is 1. The fourth-order valence-corrected chi connectivity index (χ4v) is 5.17. The molecule has 0 radical (unpaired) electrons.